The third-order valence-electron chi connectivity index (χ3n) is 8.14. The van der Waals surface area contributed by atoms with E-state index < -0.39 is 0 Å². The Kier molecular flexibility index (Phi) is 6.63. The largest absolute Gasteiger partial charge is 0.206 e. The molecule has 1 heteroatoms. The zero-order valence-corrected chi connectivity index (χ0v) is 19.4. The van der Waals surface area contributed by atoms with Gasteiger partial charge < -0.3 is 0 Å². The molecule has 0 N–H and O–H groups in total. The first-order chi connectivity index (χ1) is 16.2. The number of hydrogen-bond donors (Lipinski definition) is 0. The van der Waals surface area contributed by atoms with E-state index in [1.54, 1.807) is 6.07 Å². The minimum Gasteiger partial charge on any atom is -0.206 e. The summed E-state index contributed by atoms with van der Waals surface area (Å²) in [4.78, 5) is 0. The predicted molar refractivity (Wildman–Crippen MR) is 136 cm³/mol. The van der Waals surface area contributed by atoms with Gasteiger partial charge in [-0.05, 0) is 83.9 Å². The molecule has 5 rings (SSSR count). The molecule has 0 amide bonds. The summed E-state index contributed by atoms with van der Waals surface area (Å²) in [5.74, 6) is 5.04. The molecular weight excluding hydrogens is 403 g/mol. The second-order valence-corrected chi connectivity index (χ2v) is 10.0. The van der Waals surface area contributed by atoms with Crippen molar-refractivity contribution in [1.82, 2.24) is 0 Å². The van der Waals surface area contributed by atoms with Crippen LogP contribution in [0.4, 0.5) is 4.39 Å². The van der Waals surface area contributed by atoms with Crippen LogP contribution >= 0.6 is 0 Å². The van der Waals surface area contributed by atoms with Crippen LogP contribution in [0.15, 0.2) is 66.7 Å². The summed E-state index contributed by atoms with van der Waals surface area (Å²) < 4.78 is 14.9. The molecule has 0 unspecified atom stereocenters. The summed E-state index contributed by atoms with van der Waals surface area (Å²) in [6, 6.07) is 21.9. The second-order valence-electron chi connectivity index (χ2n) is 10.0. The van der Waals surface area contributed by atoms with Crippen molar-refractivity contribution in [2.45, 2.75) is 63.7 Å². The van der Waals surface area contributed by atoms with Gasteiger partial charge in [0, 0.05) is 11.1 Å². The third-order valence-corrected chi connectivity index (χ3v) is 8.14. The van der Waals surface area contributed by atoms with Crippen molar-refractivity contribution in [3.63, 3.8) is 0 Å². The first-order valence-corrected chi connectivity index (χ1v) is 12.7. The van der Waals surface area contributed by atoms with Crippen LogP contribution in [0.25, 0.3) is 22.3 Å². The van der Waals surface area contributed by atoms with E-state index in [0.717, 1.165) is 34.1 Å². The van der Waals surface area contributed by atoms with Gasteiger partial charge in [0.15, 0.2) is 0 Å². The van der Waals surface area contributed by atoms with Crippen LogP contribution in [0.3, 0.4) is 0 Å². The molecule has 168 valence electrons. The van der Waals surface area contributed by atoms with E-state index in [0.29, 0.717) is 11.5 Å². The molecule has 33 heavy (non-hydrogen) atoms. The highest BCUT2D eigenvalue weighted by atomic mass is 19.1. The number of hydrogen-bond acceptors (Lipinski definition) is 0. The van der Waals surface area contributed by atoms with Crippen molar-refractivity contribution in [3.05, 3.63) is 83.7 Å². The minimum absolute atomic E-state index is 0.203. The van der Waals surface area contributed by atoms with E-state index >= 15 is 0 Å². The van der Waals surface area contributed by atoms with Crippen LogP contribution in [0.5, 0.6) is 0 Å². The Morgan fingerprint density at radius 2 is 1.24 bits per heavy atom. The van der Waals surface area contributed by atoms with Gasteiger partial charge in [0.05, 0.1) is 0 Å². The smallest absolute Gasteiger partial charge is 0.131 e. The highest BCUT2D eigenvalue weighted by molar-refractivity contribution is 5.71. The highest BCUT2D eigenvalue weighted by Gasteiger charge is 2.29. The Hall–Kier alpha value is -2.85. The summed E-state index contributed by atoms with van der Waals surface area (Å²) in [5.41, 5.74) is 5.70. The van der Waals surface area contributed by atoms with Crippen LogP contribution in [-0.4, -0.2) is 0 Å². The van der Waals surface area contributed by atoms with E-state index in [2.05, 4.69) is 30.2 Å². The number of halogens is 1. The zero-order valence-electron chi connectivity index (χ0n) is 19.4. The van der Waals surface area contributed by atoms with Crippen LogP contribution in [-0.2, 0) is 0 Å². The molecule has 0 atom stereocenters. The number of rotatable bonds is 4. The Morgan fingerprint density at radius 3 is 1.88 bits per heavy atom. The van der Waals surface area contributed by atoms with Crippen molar-refractivity contribution in [2.75, 3.05) is 0 Å². The van der Waals surface area contributed by atoms with Crippen LogP contribution in [0.2, 0.25) is 0 Å². The summed E-state index contributed by atoms with van der Waals surface area (Å²) >= 11 is 0. The van der Waals surface area contributed by atoms with Gasteiger partial charge in [0.2, 0.25) is 0 Å². The Labute approximate surface area is 198 Å². The summed E-state index contributed by atoms with van der Waals surface area (Å²) in [6.07, 6.45) is 18.1. The fourth-order valence-electron chi connectivity index (χ4n) is 6.15. The van der Waals surface area contributed by atoms with Gasteiger partial charge in [-0.3, -0.25) is 0 Å². The number of terminal acetylenes is 1. The summed E-state index contributed by atoms with van der Waals surface area (Å²) in [7, 11) is 0. The average molecular weight is 437 g/mol. The predicted octanol–water partition coefficient (Wildman–Crippen LogP) is 9.00. The monoisotopic (exact) mass is 436 g/mol. The molecule has 0 aromatic heterocycles. The Balaban J connectivity index is 1.25. The molecular formula is C32H33F. The fourth-order valence-corrected chi connectivity index (χ4v) is 6.15. The lowest BCUT2D eigenvalue weighted by Crippen LogP contribution is -2.23. The Bertz CT molecular complexity index is 1100. The molecule has 0 radical (unpaired) electrons. The maximum atomic E-state index is 14.9. The van der Waals surface area contributed by atoms with E-state index in [4.69, 9.17) is 6.42 Å². The summed E-state index contributed by atoms with van der Waals surface area (Å²) in [5, 5.41) is 0. The maximum Gasteiger partial charge on any atom is 0.131 e. The molecule has 0 saturated heterocycles. The van der Waals surface area contributed by atoms with Crippen LogP contribution in [0, 0.1) is 30.0 Å². The van der Waals surface area contributed by atoms with E-state index in [1.165, 1.54) is 63.4 Å². The SMILES string of the molecule is C#Cc1ccc(-c2ccc(-c3ccc(C4CCC(C5CCCCC5)CC4)cc3)cc2F)cc1. The second kappa shape index (κ2) is 9.96. The maximum absolute atomic E-state index is 14.9. The van der Waals surface area contributed by atoms with Gasteiger partial charge in [-0.15, -0.1) is 6.42 Å². The molecule has 2 aliphatic rings. The topological polar surface area (TPSA) is 0 Å². The standard InChI is InChI=1S/C32H33F/c1-2-23-8-10-29(11-9-23)31-21-20-30(22-32(31)33)28-18-16-27(17-19-28)26-14-12-25(13-15-26)24-6-4-3-5-7-24/h1,8-11,16-22,24-26H,3-7,12-15H2. The molecule has 0 bridgehead atoms. The lowest BCUT2D eigenvalue weighted by Gasteiger charge is -2.36. The van der Waals surface area contributed by atoms with Crippen LogP contribution < -0.4 is 0 Å². The molecule has 3 aromatic carbocycles. The van der Waals surface area contributed by atoms with Gasteiger partial charge in [-0.2, -0.15) is 0 Å². The van der Waals surface area contributed by atoms with Gasteiger partial charge >= 0.3 is 0 Å². The molecule has 2 saturated carbocycles. The molecule has 3 aromatic rings. The van der Waals surface area contributed by atoms with Crippen LogP contribution in [0.1, 0.15) is 74.8 Å². The van der Waals surface area contributed by atoms with E-state index in [1.807, 2.05) is 36.4 Å². The van der Waals surface area contributed by atoms with Crippen molar-refractivity contribution in [2.24, 2.45) is 11.8 Å². The molecule has 2 fully saturated rings. The quantitative estimate of drug-likeness (QED) is 0.358. The van der Waals surface area contributed by atoms with E-state index in [9.17, 15) is 4.39 Å². The molecule has 0 spiro atoms. The Morgan fingerprint density at radius 1 is 0.636 bits per heavy atom. The minimum atomic E-state index is -0.203. The first-order valence-electron chi connectivity index (χ1n) is 12.7. The van der Waals surface area contributed by atoms with Crippen molar-refractivity contribution in [1.29, 1.82) is 0 Å². The average Bonchev–Trinajstić information content (AvgIpc) is 2.89. The molecule has 0 aliphatic heterocycles. The molecule has 0 nitrogen and oxygen atoms in total. The van der Waals surface area contributed by atoms with Crippen molar-refractivity contribution < 1.29 is 4.39 Å². The number of benzene rings is 3. The highest BCUT2D eigenvalue weighted by Crippen LogP contribution is 2.43. The van der Waals surface area contributed by atoms with E-state index in [-0.39, 0.29) is 5.82 Å². The molecule has 2 aliphatic carbocycles. The van der Waals surface area contributed by atoms with Gasteiger partial charge in [0.25, 0.3) is 0 Å². The van der Waals surface area contributed by atoms with Gasteiger partial charge in [-0.1, -0.05) is 86.6 Å². The normalized spacial score (nSPS) is 21.5. The molecule has 0 heterocycles. The lowest BCUT2D eigenvalue weighted by molar-refractivity contribution is 0.186. The first kappa shape index (κ1) is 22.0. The fraction of sp³-hybridized carbons (Fsp3) is 0.375. The third kappa shape index (κ3) is 4.91. The van der Waals surface area contributed by atoms with Crippen molar-refractivity contribution in [3.8, 4) is 34.6 Å². The van der Waals surface area contributed by atoms with Gasteiger partial charge in [0.1, 0.15) is 5.82 Å². The van der Waals surface area contributed by atoms with Crippen molar-refractivity contribution >= 4 is 0 Å². The summed E-state index contributed by atoms with van der Waals surface area (Å²) in [6.45, 7) is 0. The van der Waals surface area contributed by atoms with Gasteiger partial charge in [-0.25, -0.2) is 4.39 Å². The lowest BCUT2D eigenvalue weighted by atomic mass is 9.70. The zero-order chi connectivity index (χ0) is 22.6.